The summed E-state index contributed by atoms with van der Waals surface area (Å²) >= 11 is 0. The van der Waals surface area contributed by atoms with Crippen molar-refractivity contribution in [3.8, 4) is 17.1 Å². The topological polar surface area (TPSA) is 74.4 Å². The highest BCUT2D eigenvalue weighted by Gasteiger charge is 2.38. The van der Waals surface area contributed by atoms with Gasteiger partial charge in [-0.05, 0) is 13.0 Å². The highest BCUT2D eigenvalue weighted by Crippen LogP contribution is 2.31. The summed E-state index contributed by atoms with van der Waals surface area (Å²) in [6.45, 7) is -0.310. The lowest BCUT2D eigenvalue weighted by Gasteiger charge is -2.14. The number of methoxy groups -OCH3 is 1. The molecule has 29 heavy (non-hydrogen) atoms. The van der Waals surface area contributed by atoms with E-state index in [0.717, 1.165) is 30.0 Å². The van der Waals surface area contributed by atoms with Gasteiger partial charge in [0.1, 0.15) is 0 Å². The van der Waals surface area contributed by atoms with Crippen LogP contribution in [0.4, 0.5) is 26.3 Å². The van der Waals surface area contributed by atoms with Crippen LogP contribution < -0.4 is 4.74 Å². The Balaban J connectivity index is 0.00000300. The van der Waals surface area contributed by atoms with Gasteiger partial charge in [-0.15, -0.1) is 10.2 Å². The molecule has 3 aromatic rings. The first-order valence-corrected chi connectivity index (χ1v) is 7.53. The molecular weight excluding hydrogens is 408 g/mol. The average Bonchev–Trinajstić information content (AvgIpc) is 3.06. The number of nitrogens with zero attached hydrogens (tertiary/aromatic N) is 5. The van der Waals surface area contributed by atoms with Crippen molar-refractivity contribution < 1.29 is 35.8 Å². The minimum absolute atomic E-state index is 0. The SMILES string of the molecule is C.COC(F)(F)c1nnc2cnc(-c3cnc(OCC(F)(F)F)c(F)c3)c(C)n12. The van der Waals surface area contributed by atoms with Crippen LogP contribution in [0.5, 0.6) is 5.88 Å². The van der Waals surface area contributed by atoms with E-state index in [1.54, 1.807) is 0 Å². The summed E-state index contributed by atoms with van der Waals surface area (Å²) in [5.41, 5.74) is 0.164. The van der Waals surface area contributed by atoms with Crippen LogP contribution in [0.25, 0.3) is 16.9 Å². The summed E-state index contributed by atoms with van der Waals surface area (Å²) in [4.78, 5) is 7.52. The lowest BCUT2D eigenvalue weighted by atomic mass is 10.1. The van der Waals surface area contributed by atoms with E-state index in [2.05, 4.69) is 29.6 Å². The number of fused-ring (bicyclic) bond motifs is 1. The molecule has 0 bridgehead atoms. The van der Waals surface area contributed by atoms with Gasteiger partial charge in [0.15, 0.2) is 18.1 Å². The zero-order chi connectivity index (χ0) is 20.7. The van der Waals surface area contributed by atoms with Crippen molar-refractivity contribution in [3.05, 3.63) is 35.8 Å². The number of hydrogen-bond donors (Lipinski definition) is 0. The minimum Gasteiger partial charge on any atom is -0.466 e. The second-order valence-electron chi connectivity index (χ2n) is 5.55. The Hall–Kier alpha value is -2.96. The summed E-state index contributed by atoms with van der Waals surface area (Å²) in [5.74, 6) is -2.84. The standard InChI is InChI=1S/C15H11F6N5O2.CH4/c1-7-11(8-3-9(16)12(23-4-8)28-6-14(17,18)19)22-5-10-24-25-13(26(7)10)15(20,21)27-2;/h3-5H,6H2,1-2H3;1H4. The Kier molecular flexibility index (Phi) is 6.02. The fourth-order valence-corrected chi connectivity index (χ4v) is 2.41. The van der Waals surface area contributed by atoms with Crippen LogP contribution in [-0.4, -0.2) is 44.5 Å². The van der Waals surface area contributed by atoms with Crippen molar-refractivity contribution in [2.45, 2.75) is 26.6 Å². The normalized spacial score (nSPS) is 12.1. The number of halogens is 6. The largest absolute Gasteiger partial charge is 0.466 e. The molecule has 0 amide bonds. The predicted molar refractivity (Wildman–Crippen MR) is 87.9 cm³/mol. The first-order valence-electron chi connectivity index (χ1n) is 7.53. The Morgan fingerprint density at radius 3 is 2.34 bits per heavy atom. The molecule has 0 atom stereocenters. The van der Waals surface area contributed by atoms with Gasteiger partial charge in [-0.25, -0.2) is 9.37 Å². The van der Waals surface area contributed by atoms with Crippen LogP contribution in [0.15, 0.2) is 18.5 Å². The number of rotatable bonds is 5. The molecule has 0 N–H and O–H groups in total. The number of aromatic nitrogens is 5. The van der Waals surface area contributed by atoms with Gasteiger partial charge in [0.2, 0.25) is 5.82 Å². The molecule has 3 heterocycles. The van der Waals surface area contributed by atoms with E-state index in [-0.39, 0.29) is 30.0 Å². The molecule has 0 aliphatic carbocycles. The molecule has 0 fully saturated rings. The van der Waals surface area contributed by atoms with Gasteiger partial charge in [0.25, 0.3) is 5.88 Å². The molecule has 0 saturated carbocycles. The Labute approximate surface area is 160 Å². The maximum atomic E-state index is 14.1. The molecule has 13 heteroatoms. The van der Waals surface area contributed by atoms with E-state index in [9.17, 15) is 26.3 Å². The van der Waals surface area contributed by atoms with Crippen LogP contribution in [-0.2, 0) is 10.8 Å². The number of ether oxygens (including phenoxy) is 2. The van der Waals surface area contributed by atoms with Crippen molar-refractivity contribution in [2.24, 2.45) is 0 Å². The van der Waals surface area contributed by atoms with Gasteiger partial charge >= 0.3 is 12.3 Å². The molecule has 0 unspecified atom stereocenters. The average molecular weight is 423 g/mol. The van der Waals surface area contributed by atoms with Crippen LogP contribution in [0.1, 0.15) is 18.9 Å². The number of alkyl halides is 5. The minimum atomic E-state index is -4.66. The smallest absolute Gasteiger partial charge is 0.422 e. The van der Waals surface area contributed by atoms with E-state index in [0.29, 0.717) is 0 Å². The van der Waals surface area contributed by atoms with E-state index >= 15 is 0 Å². The molecule has 3 rings (SSSR count). The van der Waals surface area contributed by atoms with E-state index in [4.69, 9.17) is 0 Å². The van der Waals surface area contributed by atoms with Gasteiger partial charge in [0, 0.05) is 24.6 Å². The summed E-state index contributed by atoms with van der Waals surface area (Å²) in [5, 5.41) is 6.98. The molecule has 3 aromatic heterocycles. The van der Waals surface area contributed by atoms with Crippen LogP contribution >= 0.6 is 0 Å². The Bertz CT molecular complexity index is 1020. The molecular formula is C16H15F6N5O2. The second-order valence-corrected chi connectivity index (χ2v) is 5.55. The Morgan fingerprint density at radius 1 is 1.07 bits per heavy atom. The third-order valence-corrected chi connectivity index (χ3v) is 3.65. The zero-order valence-corrected chi connectivity index (χ0v) is 14.3. The van der Waals surface area contributed by atoms with E-state index in [1.165, 1.54) is 6.92 Å². The number of hydrogen-bond acceptors (Lipinski definition) is 6. The second kappa shape index (κ2) is 7.81. The third-order valence-electron chi connectivity index (χ3n) is 3.65. The van der Waals surface area contributed by atoms with Gasteiger partial charge in [-0.3, -0.25) is 9.38 Å². The van der Waals surface area contributed by atoms with Gasteiger partial charge < -0.3 is 9.47 Å². The molecule has 0 spiro atoms. The molecule has 0 aromatic carbocycles. The quantitative estimate of drug-likeness (QED) is 0.580. The molecule has 0 saturated heterocycles. The van der Waals surface area contributed by atoms with Gasteiger partial charge in [-0.1, -0.05) is 7.43 Å². The summed E-state index contributed by atoms with van der Waals surface area (Å²) in [6, 6.07) is 0.832. The molecule has 7 nitrogen and oxygen atoms in total. The summed E-state index contributed by atoms with van der Waals surface area (Å²) < 4.78 is 87.8. The monoisotopic (exact) mass is 423 g/mol. The van der Waals surface area contributed by atoms with Crippen LogP contribution in [0.2, 0.25) is 0 Å². The first kappa shape index (κ1) is 22.3. The molecule has 0 radical (unpaired) electrons. The van der Waals surface area contributed by atoms with Gasteiger partial charge in [-0.2, -0.15) is 22.0 Å². The lowest BCUT2D eigenvalue weighted by Crippen LogP contribution is -2.21. The maximum Gasteiger partial charge on any atom is 0.422 e. The first-order chi connectivity index (χ1) is 13.0. The van der Waals surface area contributed by atoms with E-state index in [1.807, 2.05) is 0 Å². The van der Waals surface area contributed by atoms with Crippen LogP contribution in [0, 0.1) is 12.7 Å². The third kappa shape index (κ3) is 4.39. The molecule has 158 valence electrons. The fourth-order valence-electron chi connectivity index (χ4n) is 2.41. The zero-order valence-electron chi connectivity index (χ0n) is 14.3. The fraction of sp³-hybridized carbons (Fsp3) is 0.375. The lowest BCUT2D eigenvalue weighted by molar-refractivity contribution is -0.237. The van der Waals surface area contributed by atoms with Crippen molar-refractivity contribution in [1.82, 2.24) is 24.6 Å². The highest BCUT2D eigenvalue weighted by molar-refractivity contribution is 5.63. The van der Waals surface area contributed by atoms with Gasteiger partial charge in [0.05, 0.1) is 11.9 Å². The number of pyridine rings is 1. The molecule has 0 aliphatic heterocycles. The van der Waals surface area contributed by atoms with Crippen LogP contribution in [0.3, 0.4) is 0 Å². The van der Waals surface area contributed by atoms with Crippen molar-refractivity contribution in [1.29, 1.82) is 0 Å². The predicted octanol–water partition coefficient (Wildman–Crippen LogP) is 3.91. The summed E-state index contributed by atoms with van der Waals surface area (Å²) in [6.07, 6.45) is -6.28. The van der Waals surface area contributed by atoms with Crippen molar-refractivity contribution >= 4 is 5.65 Å². The number of aryl methyl sites for hydroxylation is 1. The highest BCUT2D eigenvalue weighted by atomic mass is 19.4. The van der Waals surface area contributed by atoms with Crippen molar-refractivity contribution in [2.75, 3.05) is 13.7 Å². The Morgan fingerprint density at radius 2 is 1.76 bits per heavy atom. The maximum absolute atomic E-state index is 14.1. The summed E-state index contributed by atoms with van der Waals surface area (Å²) in [7, 11) is 0.789. The van der Waals surface area contributed by atoms with Crippen molar-refractivity contribution in [3.63, 3.8) is 0 Å². The molecule has 0 aliphatic rings. The van der Waals surface area contributed by atoms with E-state index < -0.39 is 36.4 Å².